The first kappa shape index (κ1) is 18.9. The zero-order valence-corrected chi connectivity index (χ0v) is 16.8. The fourth-order valence-electron chi connectivity index (χ4n) is 4.76. The fraction of sp³-hybridized carbons (Fsp3) is 0.478. The van der Waals surface area contributed by atoms with Gasteiger partial charge in [-0.2, -0.15) is 0 Å². The maximum Gasteiger partial charge on any atom is 0.223 e. The lowest BCUT2D eigenvalue weighted by molar-refractivity contribution is -0.142. The summed E-state index contributed by atoms with van der Waals surface area (Å²) < 4.78 is 5.38. The Kier molecular flexibility index (Phi) is 5.62. The summed E-state index contributed by atoms with van der Waals surface area (Å²) in [5.74, 6) is 1.80. The first-order valence-electron chi connectivity index (χ1n) is 10.2. The number of likely N-dealkylation sites (tertiary alicyclic amines) is 2. The molecule has 0 spiro atoms. The van der Waals surface area contributed by atoms with Crippen molar-refractivity contribution >= 4 is 5.91 Å². The van der Waals surface area contributed by atoms with Gasteiger partial charge in [-0.25, -0.2) is 0 Å². The minimum Gasteiger partial charge on any atom is -0.496 e. The van der Waals surface area contributed by atoms with Gasteiger partial charge in [0.25, 0.3) is 0 Å². The first-order chi connectivity index (χ1) is 13.6. The van der Waals surface area contributed by atoms with Gasteiger partial charge in [0, 0.05) is 51.0 Å². The number of amides is 1. The van der Waals surface area contributed by atoms with E-state index >= 15 is 0 Å². The van der Waals surface area contributed by atoms with E-state index < -0.39 is 0 Å². The Morgan fingerprint density at radius 1 is 1.18 bits per heavy atom. The van der Waals surface area contributed by atoms with Gasteiger partial charge in [-0.3, -0.25) is 14.7 Å². The maximum atomic E-state index is 12.6. The third-order valence-electron chi connectivity index (χ3n) is 6.17. The summed E-state index contributed by atoms with van der Waals surface area (Å²) in [6, 6.07) is 10.8. The molecule has 2 saturated heterocycles. The molecule has 2 fully saturated rings. The van der Waals surface area contributed by atoms with Crippen molar-refractivity contribution in [1.82, 2.24) is 14.8 Å². The molecule has 0 N–H and O–H groups in total. The molecule has 2 aliphatic rings. The van der Waals surface area contributed by atoms with Gasteiger partial charge in [-0.05, 0) is 54.5 Å². The Morgan fingerprint density at radius 2 is 2.07 bits per heavy atom. The largest absolute Gasteiger partial charge is 0.496 e. The van der Waals surface area contributed by atoms with Crippen molar-refractivity contribution in [3.05, 3.63) is 59.4 Å². The zero-order valence-electron chi connectivity index (χ0n) is 16.8. The minimum absolute atomic E-state index is 0.296. The maximum absolute atomic E-state index is 12.6. The van der Waals surface area contributed by atoms with Crippen LogP contribution >= 0.6 is 0 Å². The molecule has 4 rings (SSSR count). The molecule has 0 radical (unpaired) electrons. The molecule has 0 unspecified atom stereocenters. The molecule has 1 aromatic carbocycles. The molecular weight excluding hydrogens is 350 g/mol. The van der Waals surface area contributed by atoms with E-state index in [0.29, 0.717) is 30.8 Å². The van der Waals surface area contributed by atoms with Crippen molar-refractivity contribution in [2.75, 3.05) is 20.2 Å². The second kappa shape index (κ2) is 8.31. The van der Waals surface area contributed by atoms with Crippen molar-refractivity contribution in [3.8, 4) is 5.75 Å². The molecule has 0 aliphatic carbocycles. The molecule has 5 nitrogen and oxygen atoms in total. The van der Waals surface area contributed by atoms with Gasteiger partial charge >= 0.3 is 0 Å². The normalized spacial score (nSPS) is 22.8. The van der Waals surface area contributed by atoms with Crippen LogP contribution in [0.15, 0.2) is 42.7 Å². The summed E-state index contributed by atoms with van der Waals surface area (Å²) in [6.45, 7) is 5.84. The third kappa shape index (κ3) is 4.04. The van der Waals surface area contributed by atoms with Crippen LogP contribution in [0.1, 0.15) is 36.0 Å². The number of piperidine rings is 2. The predicted molar refractivity (Wildman–Crippen MR) is 109 cm³/mol. The average Bonchev–Trinajstić information content (AvgIpc) is 2.71. The molecule has 0 saturated carbocycles. The number of ether oxygens (including phenoxy) is 1. The van der Waals surface area contributed by atoms with Crippen LogP contribution in [-0.4, -0.2) is 46.9 Å². The van der Waals surface area contributed by atoms with Crippen LogP contribution < -0.4 is 4.74 Å². The van der Waals surface area contributed by atoms with Crippen molar-refractivity contribution in [2.24, 2.45) is 5.92 Å². The van der Waals surface area contributed by atoms with Gasteiger partial charge in [0.05, 0.1) is 7.11 Å². The summed E-state index contributed by atoms with van der Waals surface area (Å²) in [5.41, 5.74) is 3.63. The van der Waals surface area contributed by atoms with E-state index in [1.54, 1.807) is 13.3 Å². The number of aryl methyl sites for hydroxylation is 1. The van der Waals surface area contributed by atoms with E-state index in [2.05, 4.69) is 46.0 Å². The van der Waals surface area contributed by atoms with Crippen molar-refractivity contribution in [2.45, 2.75) is 45.3 Å². The van der Waals surface area contributed by atoms with Crippen molar-refractivity contribution < 1.29 is 9.53 Å². The number of pyridine rings is 1. The van der Waals surface area contributed by atoms with Crippen LogP contribution in [0, 0.1) is 12.8 Å². The van der Waals surface area contributed by atoms with E-state index in [1.807, 2.05) is 12.3 Å². The van der Waals surface area contributed by atoms with Gasteiger partial charge in [0.2, 0.25) is 5.91 Å². The quantitative estimate of drug-likeness (QED) is 0.799. The molecule has 5 heteroatoms. The fourth-order valence-corrected chi connectivity index (χ4v) is 4.76. The minimum atomic E-state index is 0.296. The molecule has 2 aliphatic heterocycles. The topological polar surface area (TPSA) is 45.7 Å². The Morgan fingerprint density at radius 3 is 2.82 bits per heavy atom. The highest BCUT2D eigenvalue weighted by Crippen LogP contribution is 2.33. The molecule has 2 atom stereocenters. The summed E-state index contributed by atoms with van der Waals surface area (Å²) in [5, 5.41) is 0. The van der Waals surface area contributed by atoms with Crippen LogP contribution in [0.25, 0.3) is 0 Å². The van der Waals surface area contributed by atoms with E-state index in [1.165, 1.54) is 11.1 Å². The summed E-state index contributed by atoms with van der Waals surface area (Å²) in [7, 11) is 1.72. The highest BCUT2D eigenvalue weighted by atomic mass is 16.5. The number of methoxy groups -OCH3 is 1. The predicted octanol–water partition coefficient (Wildman–Crippen LogP) is 3.41. The van der Waals surface area contributed by atoms with Crippen LogP contribution in [0.2, 0.25) is 0 Å². The van der Waals surface area contributed by atoms with E-state index in [9.17, 15) is 4.79 Å². The second-order valence-electron chi connectivity index (χ2n) is 8.08. The Hall–Kier alpha value is -2.40. The number of carbonyl (C=O) groups excluding carboxylic acids is 1. The molecular formula is C23H29N3O2. The average molecular weight is 380 g/mol. The highest BCUT2D eigenvalue weighted by molar-refractivity contribution is 5.77. The molecule has 3 heterocycles. The lowest BCUT2D eigenvalue weighted by Crippen LogP contribution is -2.55. The van der Waals surface area contributed by atoms with E-state index in [4.69, 9.17) is 4.74 Å². The number of hydrogen-bond donors (Lipinski definition) is 0. The van der Waals surface area contributed by atoms with Crippen LogP contribution in [0.4, 0.5) is 0 Å². The van der Waals surface area contributed by atoms with Gasteiger partial charge in [-0.1, -0.05) is 18.2 Å². The number of fused-ring (bicyclic) bond motifs is 1. The smallest absolute Gasteiger partial charge is 0.223 e. The molecule has 148 valence electrons. The van der Waals surface area contributed by atoms with Crippen LogP contribution in [0.3, 0.4) is 0 Å². The van der Waals surface area contributed by atoms with Crippen molar-refractivity contribution in [1.29, 1.82) is 0 Å². The molecule has 1 amide bonds. The number of nitrogens with zero attached hydrogens (tertiary/aromatic N) is 3. The Balaban J connectivity index is 1.41. The number of hydrogen-bond acceptors (Lipinski definition) is 4. The third-order valence-corrected chi connectivity index (χ3v) is 6.17. The lowest BCUT2D eigenvalue weighted by atomic mass is 9.83. The van der Waals surface area contributed by atoms with Gasteiger partial charge in [0.1, 0.15) is 5.75 Å². The number of aromatic nitrogens is 1. The monoisotopic (exact) mass is 379 g/mol. The second-order valence-corrected chi connectivity index (χ2v) is 8.08. The number of rotatable bonds is 5. The van der Waals surface area contributed by atoms with Crippen LogP contribution in [-0.2, 0) is 17.9 Å². The summed E-state index contributed by atoms with van der Waals surface area (Å²) in [4.78, 5) is 21.5. The van der Waals surface area contributed by atoms with Crippen LogP contribution in [0.5, 0.6) is 5.75 Å². The SMILES string of the molecule is COc1ccc(CN2CC[C@@H]3[C@@H](CCC(=O)N3Cc3cccnc3)C2)cc1C. The van der Waals surface area contributed by atoms with Gasteiger partial charge in [0.15, 0.2) is 0 Å². The Labute approximate surface area is 167 Å². The molecule has 0 bridgehead atoms. The number of benzene rings is 1. The van der Waals surface area contributed by atoms with Gasteiger partial charge < -0.3 is 9.64 Å². The Bertz CT molecular complexity index is 824. The van der Waals surface area contributed by atoms with Crippen molar-refractivity contribution in [3.63, 3.8) is 0 Å². The standard InChI is InChI=1S/C23H29N3O2/c1-17-12-18(5-7-22(17)28-2)14-25-11-9-21-20(16-25)6-8-23(27)26(21)15-19-4-3-10-24-13-19/h3-5,7,10,12-13,20-21H,6,8-9,11,14-16H2,1-2H3/t20-,21+/m0/s1. The summed E-state index contributed by atoms with van der Waals surface area (Å²) >= 11 is 0. The van der Waals surface area contributed by atoms with E-state index in [-0.39, 0.29) is 0 Å². The number of carbonyl (C=O) groups is 1. The first-order valence-corrected chi connectivity index (χ1v) is 10.2. The molecule has 1 aromatic heterocycles. The van der Waals surface area contributed by atoms with E-state index in [0.717, 1.165) is 43.8 Å². The van der Waals surface area contributed by atoms with Gasteiger partial charge in [-0.15, -0.1) is 0 Å². The molecule has 28 heavy (non-hydrogen) atoms. The highest BCUT2D eigenvalue weighted by Gasteiger charge is 2.39. The lowest BCUT2D eigenvalue weighted by Gasteiger charge is -2.47. The zero-order chi connectivity index (χ0) is 19.5. The molecule has 2 aromatic rings. The summed E-state index contributed by atoms with van der Waals surface area (Å²) in [6.07, 6.45) is 6.37.